The number of hydrogen-bond acceptors (Lipinski definition) is 3. The molecule has 0 unspecified atom stereocenters. The van der Waals surface area contributed by atoms with Crippen LogP contribution in [0.2, 0.25) is 0 Å². The van der Waals surface area contributed by atoms with Crippen LogP contribution in [-0.2, 0) is 0 Å². The van der Waals surface area contributed by atoms with Crippen LogP contribution in [0.1, 0.15) is 6.42 Å². The van der Waals surface area contributed by atoms with Crippen LogP contribution >= 0.6 is 0 Å². The Morgan fingerprint density at radius 3 is 3.10 bits per heavy atom. The molecule has 0 bridgehead atoms. The van der Waals surface area contributed by atoms with Crippen molar-refractivity contribution in [3.63, 3.8) is 0 Å². The maximum absolute atomic E-state index is 5.74. The van der Waals surface area contributed by atoms with Crippen LogP contribution in [0, 0.1) is 0 Å². The first kappa shape index (κ1) is 7.57. The summed E-state index contributed by atoms with van der Waals surface area (Å²) >= 11 is 0. The van der Waals surface area contributed by atoms with Gasteiger partial charge in [0.1, 0.15) is 0 Å². The van der Waals surface area contributed by atoms with Crippen LogP contribution < -0.4 is 16.4 Å². The molecule has 1 aliphatic heterocycles. The summed E-state index contributed by atoms with van der Waals surface area (Å²) in [6.45, 7) is 2.86. The largest absolute Gasteiger partial charge is 0.401 e. The fraction of sp³-hybridized carbons (Fsp3) is 0.714. The van der Waals surface area contributed by atoms with Gasteiger partial charge in [-0.3, -0.25) is 0 Å². The molecule has 1 rings (SSSR count). The summed E-state index contributed by atoms with van der Waals surface area (Å²) in [6.07, 6.45) is 1.09. The van der Waals surface area contributed by atoms with Crippen molar-refractivity contribution in [2.45, 2.75) is 6.42 Å². The van der Waals surface area contributed by atoms with Crippen LogP contribution in [0.15, 0.2) is 11.3 Å². The summed E-state index contributed by atoms with van der Waals surface area (Å²) in [6, 6.07) is 0. The molecular weight excluding hydrogens is 126 g/mol. The van der Waals surface area contributed by atoms with Gasteiger partial charge in [-0.05, 0) is 25.6 Å². The average Bonchev–Trinajstić information content (AvgIpc) is 1.94. The van der Waals surface area contributed by atoms with Gasteiger partial charge < -0.3 is 16.4 Å². The maximum atomic E-state index is 5.74. The number of hydrogen-bond donors (Lipinski definition) is 3. The zero-order valence-corrected chi connectivity index (χ0v) is 6.41. The predicted molar refractivity (Wildman–Crippen MR) is 42.6 cm³/mol. The zero-order chi connectivity index (χ0) is 7.40. The lowest BCUT2D eigenvalue weighted by molar-refractivity contribution is 0.648. The Kier molecular flexibility index (Phi) is 2.71. The summed E-state index contributed by atoms with van der Waals surface area (Å²) in [5.74, 6) is 0. The highest BCUT2D eigenvalue weighted by Crippen LogP contribution is 2.05. The highest BCUT2D eigenvalue weighted by molar-refractivity contribution is 5.16. The average molecular weight is 141 g/mol. The molecule has 10 heavy (non-hydrogen) atoms. The van der Waals surface area contributed by atoms with Crippen molar-refractivity contribution < 1.29 is 0 Å². The zero-order valence-electron chi connectivity index (χ0n) is 6.41. The second-order valence-electron chi connectivity index (χ2n) is 2.59. The first-order chi connectivity index (χ1) is 4.84. The fourth-order valence-corrected chi connectivity index (χ4v) is 1.16. The van der Waals surface area contributed by atoms with Crippen LogP contribution in [0.3, 0.4) is 0 Å². The van der Waals surface area contributed by atoms with Gasteiger partial charge in [-0.25, -0.2) is 0 Å². The third kappa shape index (κ3) is 1.72. The Labute approximate surface area is 61.7 Å². The van der Waals surface area contributed by atoms with Gasteiger partial charge in [0.05, 0.1) is 0 Å². The number of rotatable bonds is 2. The lowest BCUT2D eigenvalue weighted by atomic mass is 10.1. The SMILES string of the molecule is CNCC1=C(N)CNCC1. The lowest BCUT2D eigenvalue weighted by Gasteiger charge is -2.17. The van der Waals surface area contributed by atoms with Crippen molar-refractivity contribution in [3.8, 4) is 0 Å². The fourth-order valence-electron chi connectivity index (χ4n) is 1.16. The van der Waals surface area contributed by atoms with Crippen molar-refractivity contribution in [2.75, 3.05) is 26.7 Å². The molecule has 1 heterocycles. The smallest absolute Gasteiger partial charge is 0.0352 e. The Hall–Kier alpha value is -0.540. The minimum atomic E-state index is 0.858. The van der Waals surface area contributed by atoms with Crippen molar-refractivity contribution in [1.82, 2.24) is 10.6 Å². The van der Waals surface area contributed by atoms with E-state index < -0.39 is 0 Å². The Bertz CT molecular complexity index is 140. The van der Waals surface area contributed by atoms with Gasteiger partial charge in [0.25, 0.3) is 0 Å². The maximum Gasteiger partial charge on any atom is 0.0352 e. The lowest BCUT2D eigenvalue weighted by Crippen LogP contribution is -2.31. The minimum Gasteiger partial charge on any atom is -0.401 e. The van der Waals surface area contributed by atoms with Crippen molar-refractivity contribution >= 4 is 0 Å². The second-order valence-corrected chi connectivity index (χ2v) is 2.59. The molecule has 1 aliphatic rings. The molecule has 0 aromatic rings. The molecule has 3 heteroatoms. The van der Waals surface area contributed by atoms with E-state index in [1.54, 1.807) is 0 Å². The molecule has 0 fully saturated rings. The standard InChI is InChI=1S/C7H15N3/c1-9-4-6-2-3-10-5-7(6)8/h9-10H,2-5,8H2,1H3. The molecule has 3 nitrogen and oxygen atoms in total. The first-order valence-electron chi connectivity index (χ1n) is 3.66. The summed E-state index contributed by atoms with van der Waals surface area (Å²) in [5.41, 5.74) is 8.12. The third-order valence-electron chi connectivity index (χ3n) is 1.76. The Balaban J connectivity index is 2.50. The first-order valence-corrected chi connectivity index (χ1v) is 3.66. The van der Waals surface area contributed by atoms with Gasteiger partial charge >= 0.3 is 0 Å². The predicted octanol–water partition coefficient (Wildman–Crippen LogP) is -0.588. The van der Waals surface area contributed by atoms with Crippen molar-refractivity contribution in [1.29, 1.82) is 0 Å². The van der Waals surface area contributed by atoms with Gasteiger partial charge in [0.15, 0.2) is 0 Å². The molecule has 0 aromatic heterocycles. The number of nitrogens with two attached hydrogens (primary N) is 1. The van der Waals surface area contributed by atoms with Gasteiger partial charge in [0, 0.05) is 18.8 Å². The van der Waals surface area contributed by atoms with Crippen LogP contribution in [-0.4, -0.2) is 26.7 Å². The molecule has 58 valence electrons. The van der Waals surface area contributed by atoms with E-state index in [1.807, 2.05) is 7.05 Å². The quantitative estimate of drug-likeness (QED) is 0.482. The van der Waals surface area contributed by atoms with E-state index in [0.717, 1.165) is 31.8 Å². The Morgan fingerprint density at radius 1 is 1.70 bits per heavy atom. The molecule has 0 saturated heterocycles. The summed E-state index contributed by atoms with van der Waals surface area (Å²) in [5, 5.41) is 6.31. The molecule has 4 N–H and O–H groups in total. The Morgan fingerprint density at radius 2 is 2.50 bits per heavy atom. The van der Waals surface area contributed by atoms with Gasteiger partial charge in [-0.1, -0.05) is 0 Å². The van der Waals surface area contributed by atoms with Gasteiger partial charge in [-0.2, -0.15) is 0 Å². The minimum absolute atomic E-state index is 0.858. The molecule has 0 saturated carbocycles. The third-order valence-corrected chi connectivity index (χ3v) is 1.76. The monoisotopic (exact) mass is 141 g/mol. The van der Waals surface area contributed by atoms with Crippen LogP contribution in [0.4, 0.5) is 0 Å². The van der Waals surface area contributed by atoms with Crippen LogP contribution in [0.5, 0.6) is 0 Å². The van der Waals surface area contributed by atoms with E-state index in [2.05, 4.69) is 10.6 Å². The van der Waals surface area contributed by atoms with E-state index in [4.69, 9.17) is 5.73 Å². The molecule has 0 radical (unpaired) electrons. The topological polar surface area (TPSA) is 50.1 Å². The van der Waals surface area contributed by atoms with Gasteiger partial charge in [-0.15, -0.1) is 0 Å². The molecular formula is C7H15N3. The summed E-state index contributed by atoms with van der Waals surface area (Å²) in [4.78, 5) is 0. The van der Waals surface area contributed by atoms with E-state index in [1.165, 1.54) is 5.57 Å². The van der Waals surface area contributed by atoms with E-state index in [9.17, 15) is 0 Å². The van der Waals surface area contributed by atoms with Crippen LogP contribution in [0.25, 0.3) is 0 Å². The van der Waals surface area contributed by atoms with Crippen molar-refractivity contribution in [2.24, 2.45) is 5.73 Å². The molecule has 0 spiro atoms. The second kappa shape index (κ2) is 3.58. The van der Waals surface area contributed by atoms with E-state index >= 15 is 0 Å². The summed E-state index contributed by atoms with van der Waals surface area (Å²) in [7, 11) is 1.95. The molecule has 0 aromatic carbocycles. The number of likely N-dealkylation sites (N-methyl/N-ethyl adjacent to an activating group) is 1. The van der Waals surface area contributed by atoms with Gasteiger partial charge in [0.2, 0.25) is 0 Å². The molecule has 0 amide bonds. The summed E-state index contributed by atoms with van der Waals surface area (Å²) < 4.78 is 0. The normalized spacial score (nSPS) is 19.7. The molecule has 0 aliphatic carbocycles. The van der Waals surface area contributed by atoms with Crippen molar-refractivity contribution in [3.05, 3.63) is 11.3 Å². The van der Waals surface area contributed by atoms with E-state index in [-0.39, 0.29) is 0 Å². The highest BCUT2D eigenvalue weighted by atomic mass is 14.9. The molecule has 0 atom stereocenters. The highest BCUT2D eigenvalue weighted by Gasteiger charge is 2.06. The number of nitrogens with one attached hydrogen (secondary N) is 2. The van der Waals surface area contributed by atoms with E-state index in [0.29, 0.717) is 0 Å².